The first-order chi connectivity index (χ1) is 12.8. The van der Waals surface area contributed by atoms with E-state index in [1.165, 1.54) is 12.8 Å². The molecule has 27 heavy (non-hydrogen) atoms. The van der Waals surface area contributed by atoms with Gasteiger partial charge in [-0.3, -0.25) is 10.0 Å². The van der Waals surface area contributed by atoms with Gasteiger partial charge in [0.25, 0.3) is 0 Å². The molecule has 1 heterocycles. The number of fused-ring (bicyclic) bond motifs is 1. The number of nitrogens with one attached hydrogen (secondary N) is 1. The lowest BCUT2D eigenvalue weighted by Crippen LogP contribution is -2.35. The van der Waals surface area contributed by atoms with Crippen LogP contribution in [0.15, 0.2) is 33.5 Å². The van der Waals surface area contributed by atoms with Crippen molar-refractivity contribution in [2.24, 2.45) is 33.8 Å². The van der Waals surface area contributed by atoms with Crippen LogP contribution in [0.5, 0.6) is 0 Å². The zero-order chi connectivity index (χ0) is 19.2. The summed E-state index contributed by atoms with van der Waals surface area (Å²) in [4.78, 5) is 4.61. The molecule has 0 saturated heterocycles. The molecule has 4 aliphatic rings. The van der Waals surface area contributed by atoms with Gasteiger partial charge in [0, 0.05) is 24.6 Å². The minimum absolute atomic E-state index is 0.0363. The van der Waals surface area contributed by atoms with Gasteiger partial charge in [0.2, 0.25) is 0 Å². The third-order valence-electron chi connectivity index (χ3n) is 6.12. The number of hydrazine groups is 1. The number of nitrogens with zero attached hydrogens (tertiary/aromatic N) is 3. The van der Waals surface area contributed by atoms with Crippen LogP contribution in [0.4, 0.5) is 13.2 Å². The summed E-state index contributed by atoms with van der Waals surface area (Å²) < 4.78 is 40.2. The molecule has 4 nitrogen and oxygen atoms in total. The Balaban J connectivity index is 1.47. The van der Waals surface area contributed by atoms with E-state index in [0.717, 1.165) is 29.6 Å². The van der Waals surface area contributed by atoms with Gasteiger partial charge in [-0.2, -0.15) is 18.3 Å². The normalized spacial score (nSPS) is 32.6. The van der Waals surface area contributed by atoms with E-state index in [2.05, 4.69) is 26.7 Å². The number of hydrogen-bond donors (Lipinski definition) is 1. The number of aliphatic imine (C=N–C) groups is 1. The Labute approximate surface area is 158 Å². The molecular weight excluding hydrogens is 353 g/mol. The molecule has 0 radical (unpaired) electrons. The fourth-order valence-corrected chi connectivity index (χ4v) is 4.19. The summed E-state index contributed by atoms with van der Waals surface area (Å²) in [5.74, 6) is -0.494. The van der Waals surface area contributed by atoms with Crippen LogP contribution in [0.25, 0.3) is 0 Å². The van der Waals surface area contributed by atoms with Crippen molar-refractivity contribution in [1.82, 2.24) is 10.5 Å². The minimum Gasteiger partial charge on any atom is -0.289 e. The summed E-state index contributed by atoms with van der Waals surface area (Å²) in [5, 5.41) is 6.56. The van der Waals surface area contributed by atoms with E-state index in [9.17, 15) is 13.2 Å². The summed E-state index contributed by atoms with van der Waals surface area (Å²) in [6.07, 6.45) is 3.79. The van der Waals surface area contributed by atoms with Crippen LogP contribution in [-0.4, -0.2) is 35.7 Å². The first-order valence-electron chi connectivity index (χ1n) is 9.93. The van der Waals surface area contributed by atoms with Gasteiger partial charge >= 0.3 is 6.18 Å². The predicted octanol–water partition coefficient (Wildman–Crippen LogP) is 4.47. The lowest BCUT2D eigenvalue weighted by atomic mass is 9.81. The highest BCUT2D eigenvalue weighted by molar-refractivity contribution is 6.17. The molecule has 7 heteroatoms. The van der Waals surface area contributed by atoms with Gasteiger partial charge in [-0.15, -0.1) is 0 Å². The molecule has 0 spiro atoms. The molecule has 4 rings (SSSR count). The van der Waals surface area contributed by atoms with Crippen molar-refractivity contribution in [2.45, 2.75) is 52.1 Å². The highest BCUT2D eigenvalue weighted by Gasteiger charge is 2.43. The van der Waals surface area contributed by atoms with E-state index in [4.69, 9.17) is 0 Å². The van der Waals surface area contributed by atoms with E-state index in [1.54, 1.807) is 6.08 Å². The van der Waals surface area contributed by atoms with Gasteiger partial charge < -0.3 is 0 Å². The lowest BCUT2D eigenvalue weighted by molar-refractivity contribution is -0.169. The van der Waals surface area contributed by atoms with Crippen molar-refractivity contribution in [3.8, 4) is 0 Å². The fourth-order valence-electron chi connectivity index (χ4n) is 4.19. The number of hydrogen-bond acceptors (Lipinski definition) is 4. The maximum Gasteiger partial charge on any atom is 0.395 e. The number of halogens is 3. The number of alkyl halides is 3. The van der Waals surface area contributed by atoms with Crippen LogP contribution in [0, 0.1) is 23.7 Å². The summed E-state index contributed by atoms with van der Waals surface area (Å²) >= 11 is 0. The lowest BCUT2D eigenvalue weighted by Gasteiger charge is -2.30. The number of allylic oxidation sites excluding steroid dienone is 3. The van der Waals surface area contributed by atoms with Gasteiger partial charge in [-0.05, 0) is 43.1 Å². The minimum atomic E-state index is -4.19. The molecule has 1 aliphatic heterocycles. The second-order valence-corrected chi connectivity index (χ2v) is 8.42. The predicted molar refractivity (Wildman–Crippen MR) is 100 cm³/mol. The van der Waals surface area contributed by atoms with Crippen molar-refractivity contribution in [1.29, 1.82) is 0 Å². The Hall–Kier alpha value is -1.79. The van der Waals surface area contributed by atoms with Crippen LogP contribution < -0.4 is 5.53 Å². The molecule has 1 fully saturated rings. The molecule has 0 aromatic carbocycles. The smallest absolute Gasteiger partial charge is 0.289 e. The molecule has 3 aliphatic carbocycles. The standard InChI is InChI=1S/C20H27F3N4/c1-12-3-6-15(16(9-12)20(21,22)23)10-24-17-7-8-18-19(13(17)2)25-26-27(18)11-14-4-5-14/h6,8,12-14,16,26H,3-5,7,9-11H2,1-2H3. The second kappa shape index (κ2) is 6.99. The van der Waals surface area contributed by atoms with E-state index in [1.807, 2.05) is 13.8 Å². The second-order valence-electron chi connectivity index (χ2n) is 8.42. The van der Waals surface area contributed by atoms with E-state index in [-0.39, 0.29) is 24.8 Å². The molecule has 1 N–H and O–H groups in total. The summed E-state index contributed by atoms with van der Waals surface area (Å²) in [7, 11) is 0. The van der Waals surface area contributed by atoms with E-state index < -0.39 is 12.1 Å². The molecule has 3 unspecified atom stereocenters. The average Bonchev–Trinajstić information content (AvgIpc) is 3.33. The first-order valence-corrected chi connectivity index (χ1v) is 9.93. The van der Waals surface area contributed by atoms with Gasteiger partial charge in [0.05, 0.1) is 23.9 Å². The van der Waals surface area contributed by atoms with Gasteiger partial charge in [0.1, 0.15) is 0 Å². The number of rotatable bonds is 4. The van der Waals surface area contributed by atoms with Crippen molar-refractivity contribution in [3.05, 3.63) is 23.4 Å². The highest BCUT2D eigenvalue weighted by Crippen LogP contribution is 2.41. The molecule has 0 bridgehead atoms. The van der Waals surface area contributed by atoms with Crippen LogP contribution >= 0.6 is 0 Å². The zero-order valence-electron chi connectivity index (χ0n) is 15.9. The Morgan fingerprint density at radius 3 is 2.74 bits per heavy atom. The van der Waals surface area contributed by atoms with Crippen molar-refractivity contribution >= 4 is 11.4 Å². The van der Waals surface area contributed by atoms with Crippen LogP contribution in [0.3, 0.4) is 0 Å². The van der Waals surface area contributed by atoms with Gasteiger partial charge in [-0.1, -0.05) is 26.0 Å². The molecule has 148 valence electrons. The molecular formula is C20H27F3N4. The molecule has 0 aromatic heterocycles. The van der Waals surface area contributed by atoms with E-state index >= 15 is 0 Å². The Kier molecular flexibility index (Phi) is 4.80. The van der Waals surface area contributed by atoms with Crippen LogP contribution in [0.2, 0.25) is 0 Å². The van der Waals surface area contributed by atoms with Crippen molar-refractivity contribution in [2.75, 3.05) is 13.1 Å². The highest BCUT2D eigenvalue weighted by atomic mass is 19.4. The quantitative estimate of drug-likeness (QED) is 0.731. The third kappa shape index (κ3) is 3.92. The maximum absolute atomic E-state index is 13.4. The SMILES string of the molecule is CC1CC=C(CN=C2CC=C3C(=NNN3CC3CC3)C2C)C(C(F)(F)F)C1. The Morgan fingerprint density at radius 1 is 1.26 bits per heavy atom. The van der Waals surface area contributed by atoms with Crippen molar-refractivity contribution in [3.63, 3.8) is 0 Å². The summed E-state index contributed by atoms with van der Waals surface area (Å²) in [6.45, 7) is 5.04. The van der Waals surface area contributed by atoms with Gasteiger partial charge in [0.15, 0.2) is 0 Å². The largest absolute Gasteiger partial charge is 0.395 e. The molecule has 0 aromatic rings. The topological polar surface area (TPSA) is 40.0 Å². The monoisotopic (exact) mass is 380 g/mol. The Morgan fingerprint density at radius 2 is 2.04 bits per heavy atom. The molecule has 0 amide bonds. The van der Waals surface area contributed by atoms with Crippen LogP contribution in [0.1, 0.15) is 46.0 Å². The van der Waals surface area contributed by atoms with Crippen molar-refractivity contribution < 1.29 is 13.2 Å². The summed E-state index contributed by atoms with van der Waals surface area (Å²) in [5.41, 5.74) is 6.52. The molecule has 1 saturated carbocycles. The fraction of sp³-hybridized carbons (Fsp3) is 0.700. The Bertz CT molecular complexity index is 715. The third-order valence-corrected chi connectivity index (χ3v) is 6.12. The average molecular weight is 380 g/mol. The summed E-state index contributed by atoms with van der Waals surface area (Å²) in [6, 6.07) is 0. The van der Waals surface area contributed by atoms with Gasteiger partial charge in [-0.25, -0.2) is 5.53 Å². The molecule has 3 atom stereocenters. The number of hydrazone groups is 1. The van der Waals surface area contributed by atoms with E-state index in [0.29, 0.717) is 18.4 Å². The van der Waals surface area contributed by atoms with Crippen LogP contribution in [-0.2, 0) is 0 Å². The zero-order valence-corrected chi connectivity index (χ0v) is 15.9. The maximum atomic E-state index is 13.4. The first kappa shape index (κ1) is 18.6.